The third-order valence-electron chi connectivity index (χ3n) is 14.6. The van der Waals surface area contributed by atoms with Gasteiger partial charge in [0.05, 0.1) is 24.2 Å². The fraction of sp³-hybridized carbons (Fsp3) is 0.648. The van der Waals surface area contributed by atoms with Crippen LogP contribution in [-0.4, -0.2) is 43.9 Å². The molecule has 8 nitrogen and oxygen atoms in total. The van der Waals surface area contributed by atoms with Crippen LogP contribution in [0, 0.1) is 36.3 Å². The molecule has 4 heterocycles. The van der Waals surface area contributed by atoms with Crippen LogP contribution in [0.5, 0.6) is 0 Å². The number of ketones is 1. The van der Waals surface area contributed by atoms with Crippen LogP contribution in [0.1, 0.15) is 272 Å². The molecule has 1 saturated carbocycles. The lowest BCUT2D eigenvalue weighted by Crippen LogP contribution is -2.32. The van der Waals surface area contributed by atoms with Gasteiger partial charge in [-0.25, -0.2) is 8.78 Å². The highest BCUT2D eigenvalue weighted by Crippen LogP contribution is 2.37. The van der Waals surface area contributed by atoms with Crippen molar-refractivity contribution in [2.24, 2.45) is 17.8 Å². The number of ether oxygens (including phenoxy) is 1. The summed E-state index contributed by atoms with van der Waals surface area (Å²) in [7, 11) is 3.85. The minimum absolute atomic E-state index is 0.112. The molecule has 3 fully saturated rings. The number of piperidine rings is 2. The topological polar surface area (TPSA) is 86.8 Å². The molecule has 0 radical (unpaired) electrons. The molecular weight excluding hydrogens is 1010 g/mol. The number of Topliss-reactive ketones (excluding diaryl/α,β-unsaturated/α-hetero) is 1. The van der Waals surface area contributed by atoms with Gasteiger partial charge in [0.15, 0.2) is 5.78 Å². The molecule has 2 atom stereocenters. The number of hydrogen-bond donors (Lipinski definition) is 2. The molecule has 2 saturated heterocycles. The highest BCUT2D eigenvalue weighted by Gasteiger charge is 2.22. The molecule has 1 aromatic heterocycles. The third kappa shape index (κ3) is 31.9. The Bertz CT molecular complexity index is 2180. The van der Waals surface area contributed by atoms with Gasteiger partial charge in [-0.05, 0) is 143 Å². The van der Waals surface area contributed by atoms with Crippen LogP contribution >= 0.6 is 0 Å². The molecule has 4 aliphatic rings. The van der Waals surface area contributed by atoms with Crippen molar-refractivity contribution < 1.29 is 23.1 Å². The molecule has 7 rings (SSSR count). The second-order valence-corrected chi connectivity index (χ2v) is 22.1. The second kappa shape index (κ2) is 46.5. The first-order valence-corrected chi connectivity index (χ1v) is 32.3. The van der Waals surface area contributed by atoms with Crippen molar-refractivity contribution in [2.75, 3.05) is 42.4 Å². The predicted octanol–water partition coefficient (Wildman–Crippen LogP) is 21.3. The van der Waals surface area contributed by atoms with E-state index < -0.39 is 11.6 Å². The maximum Gasteiger partial charge on any atom is 0.224 e. The molecular formula is C71H119F2N5O3. The molecule has 3 aliphatic heterocycles. The maximum absolute atomic E-state index is 13.2. The fourth-order valence-electron chi connectivity index (χ4n) is 9.69. The van der Waals surface area contributed by atoms with Crippen LogP contribution in [0.3, 0.4) is 0 Å². The van der Waals surface area contributed by atoms with E-state index in [-0.39, 0.29) is 11.7 Å². The summed E-state index contributed by atoms with van der Waals surface area (Å²) in [5.41, 5.74) is 8.90. The fourth-order valence-corrected chi connectivity index (χ4v) is 9.69. The number of anilines is 3. The van der Waals surface area contributed by atoms with Gasteiger partial charge in [0, 0.05) is 73.7 Å². The van der Waals surface area contributed by atoms with Gasteiger partial charge < -0.3 is 25.2 Å². The Kier molecular flexibility index (Phi) is 43.6. The lowest BCUT2D eigenvalue weighted by molar-refractivity contribution is -0.121. The number of amides is 1. The lowest BCUT2D eigenvalue weighted by atomic mass is 9.91. The summed E-state index contributed by atoms with van der Waals surface area (Å²) in [5.74, 6) is 3.70. The Morgan fingerprint density at radius 2 is 1.41 bits per heavy atom. The van der Waals surface area contributed by atoms with E-state index in [0.717, 1.165) is 147 Å². The van der Waals surface area contributed by atoms with Crippen molar-refractivity contribution in [3.05, 3.63) is 113 Å². The first-order chi connectivity index (χ1) is 39.0. The van der Waals surface area contributed by atoms with Gasteiger partial charge in [-0.15, -0.1) is 0 Å². The van der Waals surface area contributed by atoms with Crippen LogP contribution in [0.15, 0.2) is 78.5 Å². The number of nitrogens with zero attached hydrogens (tertiary/aromatic N) is 3. The number of nitrogens with one attached hydrogen (secondary N) is 2. The molecule has 0 bridgehead atoms. The van der Waals surface area contributed by atoms with Crippen LogP contribution in [0.25, 0.3) is 5.57 Å². The highest BCUT2D eigenvalue weighted by molar-refractivity contribution is 5.96. The summed E-state index contributed by atoms with van der Waals surface area (Å²) in [4.78, 5) is 32.7. The van der Waals surface area contributed by atoms with Crippen LogP contribution in [-0.2, 0) is 16.0 Å². The SMILES string of the molecule is C1CCCC1.C=C1CCCC(=O)N1.CC.CC.CC1CCN(c2cc(F)cc(F)c2)CC1.CCC.CCC/C(OC)=C(\CC)c1cc(C(=O)CCC/C=C2/Nc3ccc(CCCC(C)CC(C)CC)cc3N2C)cc(C)n1.CCCC. The molecule has 460 valence electrons. The summed E-state index contributed by atoms with van der Waals surface area (Å²) in [6, 6.07) is 14.4. The zero-order valence-corrected chi connectivity index (χ0v) is 54.8. The van der Waals surface area contributed by atoms with Gasteiger partial charge in [0.25, 0.3) is 0 Å². The predicted molar refractivity (Wildman–Crippen MR) is 349 cm³/mol. The van der Waals surface area contributed by atoms with E-state index in [2.05, 4.69) is 123 Å². The number of benzene rings is 2. The number of allylic oxidation sites excluding steroid dienone is 4. The van der Waals surface area contributed by atoms with Gasteiger partial charge in [0.1, 0.15) is 23.2 Å². The quantitative estimate of drug-likeness (QED) is 0.0702. The number of rotatable bonds is 19. The Morgan fingerprint density at radius 1 is 0.802 bits per heavy atom. The van der Waals surface area contributed by atoms with E-state index in [1.54, 1.807) is 7.11 Å². The van der Waals surface area contributed by atoms with Gasteiger partial charge in [-0.1, -0.05) is 174 Å². The number of carbonyl (C=O) groups is 2. The van der Waals surface area contributed by atoms with Crippen molar-refractivity contribution in [3.63, 3.8) is 0 Å². The number of unbranched alkanes of at least 4 members (excludes halogenated alkanes) is 2. The Hall–Kier alpha value is -4.99. The molecule has 2 unspecified atom stereocenters. The minimum atomic E-state index is -0.497. The molecule has 0 spiro atoms. The van der Waals surface area contributed by atoms with Crippen molar-refractivity contribution in [1.29, 1.82) is 0 Å². The van der Waals surface area contributed by atoms with E-state index >= 15 is 0 Å². The molecule has 1 amide bonds. The summed E-state index contributed by atoms with van der Waals surface area (Å²) < 4.78 is 31.7. The Morgan fingerprint density at radius 3 is 1.91 bits per heavy atom. The van der Waals surface area contributed by atoms with Gasteiger partial charge >= 0.3 is 0 Å². The van der Waals surface area contributed by atoms with E-state index in [1.165, 1.54) is 100 Å². The molecule has 2 aromatic carbocycles. The number of carbonyl (C=O) groups excluding carboxylic acids is 2. The molecule has 10 heteroatoms. The van der Waals surface area contributed by atoms with Crippen LogP contribution in [0.4, 0.5) is 25.8 Å². The second-order valence-electron chi connectivity index (χ2n) is 22.1. The average Bonchev–Trinajstić information content (AvgIpc) is 4.27. The number of halogens is 2. The maximum atomic E-state index is 13.2. The van der Waals surface area contributed by atoms with Gasteiger partial charge in [-0.3, -0.25) is 14.6 Å². The smallest absolute Gasteiger partial charge is 0.224 e. The third-order valence-corrected chi connectivity index (χ3v) is 14.6. The number of hydrogen-bond acceptors (Lipinski definition) is 7. The minimum Gasteiger partial charge on any atom is -0.501 e. The van der Waals surface area contributed by atoms with E-state index in [9.17, 15) is 18.4 Å². The van der Waals surface area contributed by atoms with Gasteiger partial charge in [-0.2, -0.15) is 0 Å². The lowest BCUT2D eigenvalue weighted by Gasteiger charge is -2.32. The Balaban J connectivity index is 0.00000131. The highest BCUT2D eigenvalue weighted by atomic mass is 19.1. The monoisotopic (exact) mass is 1130 g/mol. The largest absolute Gasteiger partial charge is 0.501 e. The summed E-state index contributed by atoms with van der Waals surface area (Å²) in [6.07, 6.45) is 29.5. The standard InChI is InChI=1S/C37H55N3O2.C12H15F2N.C6H9NO.C5H10.C4H10.C3H8.2C2H6/c1-9-15-36(42-8)31(11-3)33-25-30(23-28(6)38-33)35(41)18-12-13-19-37-39-32-21-20-29(24-34(32)40(37)7)17-14-16-27(5)22-26(4)10-2;1-9-2-4-15(5-3-9)12-7-10(13)6-11(14)8-12;1-5-3-2-4-6(8)7-5;1-2-4-5-3-1;1-3-4-2;1-3-2;2*1-2/h19-21,23-27,39H,9-18,22H2,1-8H3;6-9H,2-5H2,1H3;1-4H2,(H,7,8);1-5H2;3-4H2,1-2H3;3H2,1-2H3;2*1-2H3/b36-31-,37-19-;;;;;;;. The van der Waals surface area contributed by atoms with Crippen molar-refractivity contribution in [2.45, 2.75) is 258 Å². The molecule has 2 N–H and O–H groups in total. The molecule has 3 aromatic rings. The van der Waals surface area contributed by atoms with Crippen LogP contribution < -0.4 is 20.4 Å². The number of methoxy groups -OCH3 is 1. The molecule has 81 heavy (non-hydrogen) atoms. The zero-order chi connectivity index (χ0) is 61.1. The van der Waals surface area contributed by atoms with Crippen molar-refractivity contribution in [3.8, 4) is 0 Å². The zero-order valence-electron chi connectivity index (χ0n) is 54.8. The summed E-state index contributed by atoms with van der Waals surface area (Å²) in [6.45, 7) is 37.5. The van der Waals surface area contributed by atoms with Gasteiger partial charge in [0.2, 0.25) is 5.91 Å². The Labute approximate surface area is 496 Å². The number of aromatic nitrogens is 1. The molecule has 1 aliphatic carbocycles. The number of fused-ring (bicyclic) bond motifs is 1. The van der Waals surface area contributed by atoms with E-state index in [1.807, 2.05) is 51.7 Å². The number of pyridine rings is 1. The number of aryl methyl sites for hydroxylation is 2. The van der Waals surface area contributed by atoms with Crippen molar-refractivity contribution in [1.82, 2.24) is 10.3 Å². The average molecular weight is 1130 g/mol. The first kappa shape index (κ1) is 76.0. The van der Waals surface area contributed by atoms with Crippen molar-refractivity contribution >= 4 is 34.3 Å². The van der Waals surface area contributed by atoms with E-state index in [4.69, 9.17) is 9.72 Å². The van der Waals surface area contributed by atoms with E-state index in [0.29, 0.717) is 18.5 Å². The van der Waals surface area contributed by atoms with Crippen LogP contribution in [0.2, 0.25) is 0 Å². The summed E-state index contributed by atoms with van der Waals surface area (Å²) in [5, 5.41) is 6.22. The summed E-state index contributed by atoms with van der Waals surface area (Å²) >= 11 is 0. The first-order valence-electron chi connectivity index (χ1n) is 32.3. The normalized spacial score (nSPS) is 15.8.